The van der Waals surface area contributed by atoms with Crippen LogP contribution in [0.2, 0.25) is 5.02 Å². The third-order valence-electron chi connectivity index (χ3n) is 3.97. The number of anilines is 1. The van der Waals surface area contributed by atoms with Gasteiger partial charge in [-0.05, 0) is 37.3 Å². The molecule has 1 saturated heterocycles. The van der Waals surface area contributed by atoms with Crippen molar-refractivity contribution in [3.05, 3.63) is 53.1 Å². The van der Waals surface area contributed by atoms with E-state index in [2.05, 4.69) is 10.2 Å². The van der Waals surface area contributed by atoms with Crippen LogP contribution in [-0.2, 0) is 4.74 Å². The smallest absolute Gasteiger partial charge is 0.341 e. The van der Waals surface area contributed by atoms with Crippen molar-refractivity contribution in [2.24, 2.45) is 0 Å². The van der Waals surface area contributed by atoms with E-state index in [9.17, 15) is 4.79 Å². The minimum absolute atomic E-state index is 0.314. The molecule has 0 unspecified atom stereocenters. The molecule has 0 radical (unpaired) electrons. The van der Waals surface area contributed by atoms with Crippen LogP contribution in [0.4, 0.5) is 5.69 Å². The molecule has 3 rings (SSSR count). The molecule has 1 aliphatic rings. The van der Waals surface area contributed by atoms with E-state index in [4.69, 9.17) is 21.1 Å². The number of benzene rings is 2. The zero-order chi connectivity index (χ0) is 17.6. The number of nitrogens with one attached hydrogen (secondary N) is 1. The van der Waals surface area contributed by atoms with Crippen LogP contribution in [0.25, 0.3) is 0 Å². The molecule has 5 nitrogen and oxygen atoms in total. The number of halogens is 1. The molecule has 132 valence electrons. The predicted octanol–water partition coefficient (Wildman–Crippen LogP) is 3.72. The van der Waals surface area contributed by atoms with Gasteiger partial charge < -0.3 is 19.7 Å². The van der Waals surface area contributed by atoms with Crippen LogP contribution >= 0.6 is 11.6 Å². The third-order valence-corrected chi connectivity index (χ3v) is 4.20. The van der Waals surface area contributed by atoms with E-state index in [-0.39, 0.29) is 0 Å². The van der Waals surface area contributed by atoms with Crippen LogP contribution < -0.4 is 15.0 Å². The topological polar surface area (TPSA) is 50.8 Å². The summed E-state index contributed by atoms with van der Waals surface area (Å²) in [5.41, 5.74) is 1.42. The molecule has 1 fully saturated rings. The van der Waals surface area contributed by atoms with Crippen LogP contribution in [0.5, 0.6) is 11.5 Å². The fourth-order valence-corrected chi connectivity index (χ4v) is 2.93. The van der Waals surface area contributed by atoms with Gasteiger partial charge in [-0.2, -0.15) is 0 Å². The van der Waals surface area contributed by atoms with Crippen molar-refractivity contribution >= 4 is 23.3 Å². The molecule has 2 aromatic rings. The van der Waals surface area contributed by atoms with Crippen molar-refractivity contribution in [1.82, 2.24) is 5.32 Å². The molecule has 1 heterocycles. The summed E-state index contributed by atoms with van der Waals surface area (Å²) < 4.78 is 11.1. The maximum atomic E-state index is 12.3. The van der Waals surface area contributed by atoms with Crippen LogP contribution in [0.1, 0.15) is 17.3 Å². The van der Waals surface area contributed by atoms with Crippen LogP contribution in [0.3, 0.4) is 0 Å². The highest BCUT2D eigenvalue weighted by atomic mass is 35.5. The molecule has 0 atom stereocenters. The number of rotatable bonds is 5. The van der Waals surface area contributed by atoms with Crippen LogP contribution in [0.15, 0.2) is 42.5 Å². The first-order chi connectivity index (χ1) is 12.2. The predicted molar refractivity (Wildman–Crippen MR) is 99.0 cm³/mol. The van der Waals surface area contributed by atoms with Gasteiger partial charge >= 0.3 is 5.97 Å². The van der Waals surface area contributed by atoms with E-state index in [0.29, 0.717) is 28.7 Å². The summed E-state index contributed by atoms with van der Waals surface area (Å²) in [4.78, 5) is 14.5. The van der Waals surface area contributed by atoms with E-state index < -0.39 is 5.97 Å². The minimum Gasteiger partial charge on any atom is -0.462 e. The van der Waals surface area contributed by atoms with Gasteiger partial charge in [0, 0.05) is 43.0 Å². The number of piperazine rings is 1. The van der Waals surface area contributed by atoms with Crippen molar-refractivity contribution in [3.8, 4) is 11.5 Å². The number of ether oxygens (including phenoxy) is 2. The number of esters is 1. The Hall–Kier alpha value is -2.24. The standard InChI is InChI=1S/C19H21ClN2O3/c1-2-24-19(23)17-7-6-15(22-10-8-21-9-11-22)13-18(17)25-16-5-3-4-14(20)12-16/h3-7,12-13,21H,2,8-11H2,1H3. The Morgan fingerprint density at radius 3 is 2.72 bits per heavy atom. The van der Waals surface area contributed by atoms with Crippen LogP contribution in [-0.4, -0.2) is 38.8 Å². The summed E-state index contributed by atoms with van der Waals surface area (Å²) in [6.07, 6.45) is 0. The van der Waals surface area contributed by atoms with E-state index in [1.165, 1.54) is 0 Å². The number of hydrogen-bond donors (Lipinski definition) is 1. The van der Waals surface area contributed by atoms with Gasteiger partial charge in [0.25, 0.3) is 0 Å². The Balaban J connectivity index is 1.93. The highest BCUT2D eigenvalue weighted by molar-refractivity contribution is 6.30. The molecule has 1 N–H and O–H groups in total. The SMILES string of the molecule is CCOC(=O)c1ccc(N2CCNCC2)cc1Oc1cccc(Cl)c1. The first-order valence-corrected chi connectivity index (χ1v) is 8.75. The zero-order valence-electron chi connectivity index (χ0n) is 14.1. The lowest BCUT2D eigenvalue weighted by Gasteiger charge is -2.30. The lowest BCUT2D eigenvalue weighted by molar-refractivity contribution is 0.0523. The maximum Gasteiger partial charge on any atom is 0.341 e. The number of carbonyl (C=O) groups is 1. The van der Waals surface area contributed by atoms with E-state index in [1.807, 2.05) is 18.2 Å². The number of carbonyl (C=O) groups excluding carboxylic acids is 1. The van der Waals surface area contributed by atoms with Crippen molar-refractivity contribution < 1.29 is 14.3 Å². The molecule has 1 aliphatic heterocycles. The van der Waals surface area contributed by atoms with Crippen molar-refractivity contribution in [3.63, 3.8) is 0 Å². The third kappa shape index (κ3) is 4.44. The fourth-order valence-electron chi connectivity index (χ4n) is 2.75. The second kappa shape index (κ2) is 8.23. The van der Waals surface area contributed by atoms with E-state index in [1.54, 1.807) is 31.2 Å². The Kier molecular flexibility index (Phi) is 5.79. The summed E-state index contributed by atoms with van der Waals surface area (Å²) in [7, 11) is 0. The normalized spacial score (nSPS) is 14.2. The molecule has 0 spiro atoms. The van der Waals surface area contributed by atoms with Gasteiger partial charge in [-0.25, -0.2) is 4.79 Å². The second-order valence-corrected chi connectivity index (χ2v) is 6.13. The monoisotopic (exact) mass is 360 g/mol. The summed E-state index contributed by atoms with van der Waals surface area (Å²) in [5, 5.41) is 3.91. The molecule has 0 aromatic heterocycles. The minimum atomic E-state index is -0.397. The first kappa shape index (κ1) is 17.6. The molecular formula is C19H21ClN2O3. The fraction of sp³-hybridized carbons (Fsp3) is 0.316. The molecule has 6 heteroatoms. The van der Waals surface area contributed by atoms with Gasteiger partial charge in [0.05, 0.1) is 6.61 Å². The summed E-state index contributed by atoms with van der Waals surface area (Å²) in [6.45, 7) is 5.79. The Morgan fingerprint density at radius 2 is 2.00 bits per heavy atom. The Labute approximate surface area is 152 Å². The number of nitrogens with zero attached hydrogens (tertiary/aromatic N) is 1. The molecule has 0 bridgehead atoms. The Bertz CT molecular complexity index is 745. The van der Waals surface area contributed by atoms with Gasteiger partial charge in [-0.15, -0.1) is 0 Å². The van der Waals surface area contributed by atoms with E-state index >= 15 is 0 Å². The molecule has 0 saturated carbocycles. The van der Waals surface area contributed by atoms with Gasteiger partial charge in [-0.3, -0.25) is 0 Å². The Morgan fingerprint density at radius 1 is 1.20 bits per heavy atom. The molecule has 2 aromatic carbocycles. The highest BCUT2D eigenvalue weighted by Gasteiger charge is 2.18. The quantitative estimate of drug-likeness (QED) is 0.823. The summed E-state index contributed by atoms with van der Waals surface area (Å²) in [5.74, 6) is 0.652. The zero-order valence-corrected chi connectivity index (χ0v) is 14.9. The van der Waals surface area contributed by atoms with Crippen molar-refractivity contribution in [2.45, 2.75) is 6.92 Å². The van der Waals surface area contributed by atoms with Crippen molar-refractivity contribution in [1.29, 1.82) is 0 Å². The summed E-state index contributed by atoms with van der Waals surface area (Å²) >= 11 is 6.03. The average Bonchev–Trinajstić information content (AvgIpc) is 2.62. The van der Waals surface area contributed by atoms with E-state index in [0.717, 1.165) is 31.9 Å². The lowest BCUT2D eigenvalue weighted by Crippen LogP contribution is -2.43. The molecular weight excluding hydrogens is 340 g/mol. The largest absolute Gasteiger partial charge is 0.462 e. The number of hydrogen-bond acceptors (Lipinski definition) is 5. The highest BCUT2D eigenvalue weighted by Crippen LogP contribution is 2.31. The molecule has 0 amide bonds. The average molecular weight is 361 g/mol. The van der Waals surface area contributed by atoms with Crippen molar-refractivity contribution in [2.75, 3.05) is 37.7 Å². The van der Waals surface area contributed by atoms with Gasteiger partial charge in [-0.1, -0.05) is 17.7 Å². The second-order valence-electron chi connectivity index (χ2n) is 5.70. The maximum absolute atomic E-state index is 12.3. The molecule has 0 aliphatic carbocycles. The summed E-state index contributed by atoms with van der Waals surface area (Å²) in [6, 6.07) is 12.7. The van der Waals surface area contributed by atoms with Crippen LogP contribution in [0, 0.1) is 0 Å². The van der Waals surface area contributed by atoms with Gasteiger partial charge in [0.2, 0.25) is 0 Å². The first-order valence-electron chi connectivity index (χ1n) is 8.37. The van der Waals surface area contributed by atoms with Gasteiger partial charge in [0.1, 0.15) is 17.1 Å². The lowest BCUT2D eigenvalue weighted by atomic mass is 10.1. The molecule has 25 heavy (non-hydrogen) atoms. The van der Waals surface area contributed by atoms with Gasteiger partial charge in [0.15, 0.2) is 0 Å².